The molecule has 2 N–H and O–H groups in total. The summed E-state index contributed by atoms with van der Waals surface area (Å²) in [5.74, 6) is -2.70. The Hall–Kier alpha value is -1.96. The summed E-state index contributed by atoms with van der Waals surface area (Å²) in [5, 5.41) is 19.2. The van der Waals surface area contributed by atoms with Gasteiger partial charge in [-0.15, -0.1) is 0 Å². The van der Waals surface area contributed by atoms with Crippen LogP contribution < -0.4 is 0 Å². The zero-order valence-corrected chi connectivity index (χ0v) is 14.9. The van der Waals surface area contributed by atoms with Crippen LogP contribution in [-0.2, 0) is 22.5 Å². The third kappa shape index (κ3) is 3.35. The number of aryl methyl sites for hydroxylation is 1. The van der Waals surface area contributed by atoms with E-state index in [0.29, 0.717) is 0 Å². The third-order valence-corrected chi connectivity index (χ3v) is 5.35. The largest absolute Gasteiger partial charge is 0.393 e. The van der Waals surface area contributed by atoms with Crippen molar-refractivity contribution in [2.75, 3.05) is 6.61 Å². The maximum atomic E-state index is 15.6. The molecule has 27 heavy (non-hydrogen) atoms. The zero-order valence-electron chi connectivity index (χ0n) is 14.2. The Morgan fingerprint density at radius 1 is 1.26 bits per heavy atom. The summed E-state index contributed by atoms with van der Waals surface area (Å²) >= 11 is 5.52. The molecule has 0 saturated carbocycles. The van der Waals surface area contributed by atoms with Gasteiger partial charge in [0, 0.05) is 18.2 Å². The fraction of sp³-hybridized carbons (Fsp3) is 0.368. The van der Waals surface area contributed by atoms with Crippen molar-refractivity contribution < 1.29 is 28.2 Å². The van der Waals surface area contributed by atoms with E-state index in [1.165, 1.54) is 18.3 Å². The molecule has 0 aliphatic heterocycles. The van der Waals surface area contributed by atoms with Crippen LogP contribution in [0.4, 0.5) is 13.2 Å². The van der Waals surface area contributed by atoms with Gasteiger partial charge in [0.05, 0.1) is 12.3 Å². The van der Waals surface area contributed by atoms with Gasteiger partial charge >= 0.3 is 0 Å². The molecule has 1 heterocycles. The van der Waals surface area contributed by atoms with Crippen LogP contribution in [0.2, 0.25) is 5.02 Å². The first-order chi connectivity index (χ1) is 12.7. The van der Waals surface area contributed by atoms with Gasteiger partial charge in [-0.2, -0.15) is 0 Å². The van der Waals surface area contributed by atoms with Gasteiger partial charge in [0.15, 0.2) is 11.5 Å². The molecular weight excluding hydrogens is 383 g/mol. The van der Waals surface area contributed by atoms with E-state index in [1.807, 2.05) is 0 Å². The van der Waals surface area contributed by atoms with Gasteiger partial charge in [-0.05, 0) is 37.0 Å². The molecule has 0 fully saturated rings. The smallest absolute Gasteiger partial charge is 0.195 e. The minimum Gasteiger partial charge on any atom is -0.393 e. The molecule has 3 rings (SSSR count). The van der Waals surface area contributed by atoms with Crippen LogP contribution in [0.15, 0.2) is 30.5 Å². The molecule has 1 aromatic heterocycles. The highest BCUT2D eigenvalue weighted by Gasteiger charge is 2.51. The number of alkyl halides is 1. The molecule has 2 atom stereocenters. The number of aromatic nitrogens is 1. The van der Waals surface area contributed by atoms with Crippen LogP contribution in [0.5, 0.6) is 0 Å². The lowest BCUT2D eigenvalue weighted by Gasteiger charge is -2.38. The number of ketones is 1. The molecule has 1 aliphatic carbocycles. The second kappa shape index (κ2) is 7.22. The zero-order chi connectivity index (χ0) is 19.8. The summed E-state index contributed by atoms with van der Waals surface area (Å²) in [5.41, 5.74) is -4.30. The average molecular weight is 400 g/mol. The molecule has 1 aromatic carbocycles. The van der Waals surface area contributed by atoms with Crippen molar-refractivity contribution in [2.45, 2.75) is 37.0 Å². The summed E-state index contributed by atoms with van der Waals surface area (Å²) in [7, 11) is 0. The molecule has 0 saturated heterocycles. The molecule has 4 nitrogen and oxygen atoms in total. The van der Waals surface area contributed by atoms with E-state index >= 15 is 4.39 Å². The Bertz CT molecular complexity index is 894. The van der Waals surface area contributed by atoms with Crippen LogP contribution in [0, 0.1) is 11.6 Å². The predicted octanol–water partition coefficient (Wildman–Crippen LogP) is 3.35. The number of hydrogen-bond acceptors (Lipinski definition) is 4. The number of benzene rings is 1. The summed E-state index contributed by atoms with van der Waals surface area (Å²) in [6.07, 6.45) is 0.309. The van der Waals surface area contributed by atoms with Crippen molar-refractivity contribution in [3.05, 3.63) is 63.9 Å². The molecule has 0 unspecified atom stereocenters. The average Bonchev–Trinajstić information content (AvgIpc) is 2.68. The fourth-order valence-electron chi connectivity index (χ4n) is 3.38. The first-order valence-electron chi connectivity index (χ1n) is 8.37. The first kappa shape index (κ1) is 19.8. The van der Waals surface area contributed by atoms with E-state index in [9.17, 15) is 23.8 Å². The number of fused-ring (bicyclic) bond motifs is 1. The van der Waals surface area contributed by atoms with E-state index in [2.05, 4.69) is 4.98 Å². The van der Waals surface area contributed by atoms with Crippen molar-refractivity contribution in [2.24, 2.45) is 0 Å². The van der Waals surface area contributed by atoms with Crippen molar-refractivity contribution in [1.29, 1.82) is 0 Å². The van der Waals surface area contributed by atoms with Gasteiger partial charge in [-0.1, -0.05) is 23.7 Å². The lowest BCUT2D eigenvalue weighted by atomic mass is 9.72. The van der Waals surface area contributed by atoms with E-state index in [-0.39, 0.29) is 42.5 Å². The van der Waals surface area contributed by atoms with Gasteiger partial charge in [0.25, 0.3) is 0 Å². The van der Waals surface area contributed by atoms with E-state index in [4.69, 9.17) is 11.6 Å². The van der Waals surface area contributed by atoms with Gasteiger partial charge in [-0.3, -0.25) is 9.78 Å². The summed E-state index contributed by atoms with van der Waals surface area (Å²) < 4.78 is 42.8. The van der Waals surface area contributed by atoms with E-state index < -0.39 is 40.3 Å². The Labute approximate surface area is 158 Å². The lowest BCUT2D eigenvalue weighted by Crippen LogP contribution is -2.45. The number of halogens is 4. The van der Waals surface area contributed by atoms with Gasteiger partial charge < -0.3 is 10.2 Å². The number of aliphatic hydroxyl groups excluding tert-OH is 1. The monoisotopic (exact) mass is 399 g/mol. The highest BCUT2D eigenvalue weighted by atomic mass is 35.5. The predicted molar refractivity (Wildman–Crippen MR) is 91.9 cm³/mol. The normalized spacial score (nSPS) is 24.5. The highest BCUT2D eigenvalue weighted by Crippen LogP contribution is 2.46. The minimum absolute atomic E-state index is 0.00688. The number of hydrogen-bond donors (Lipinski definition) is 2. The molecule has 2 aromatic rings. The number of rotatable bonds is 5. The van der Waals surface area contributed by atoms with Gasteiger partial charge in [-0.25, -0.2) is 13.2 Å². The van der Waals surface area contributed by atoms with Crippen LogP contribution >= 0.6 is 11.6 Å². The Kier molecular flexibility index (Phi) is 5.29. The molecule has 1 aliphatic rings. The van der Waals surface area contributed by atoms with Gasteiger partial charge in [0.2, 0.25) is 0 Å². The highest BCUT2D eigenvalue weighted by molar-refractivity contribution is 6.30. The number of aliphatic hydroxyl groups is 2. The number of carbonyl (C=O) groups excluding carboxylic acids is 1. The second-order valence-electron chi connectivity index (χ2n) is 6.65. The van der Waals surface area contributed by atoms with E-state index in [0.717, 1.165) is 12.1 Å². The van der Waals surface area contributed by atoms with Crippen molar-refractivity contribution in [3.8, 4) is 0 Å². The first-order valence-corrected chi connectivity index (χ1v) is 8.74. The lowest BCUT2D eigenvalue weighted by molar-refractivity contribution is -0.135. The van der Waals surface area contributed by atoms with Crippen molar-refractivity contribution in [3.63, 3.8) is 0 Å². The van der Waals surface area contributed by atoms with Crippen LogP contribution in [0.25, 0.3) is 0 Å². The Morgan fingerprint density at radius 2 is 2.00 bits per heavy atom. The maximum absolute atomic E-state index is 15.6. The fourth-order valence-corrected chi connectivity index (χ4v) is 3.56. The van der Waals surface area contributed by atoms with Crippen molar-refractivity contribution in [1.82, 2.24) is 4.98 Å². The Morgan fingerprint density at radius 3 is 2.70 bits per heavy atom. The molecule has 144 valence electrons. The number of nitrogens with zero attached hydrogens (tertiary/aromatic N) is 1. The minimum atomic E-state index is -2.41. The summed E-state index contributed by atoms with van der Waals surface area (Å²) in [6.45, 7) is -0.652. The Balaban J connectivity index is 1.87. The molecule has 0 amide bonds. The molecule has 8 heteroatoms. The van der Waals surface area contributed by atoms with Crippen LogP contribution in [-0.4, -0.2) is 27.6 Å². The summed E-state index contributed by atoms with van der Waals surface area (Å²) in [6, 6.07) is 4.92. The number of carbonyl (C=O) groups is 1. The SMILES string of the molecule is O=C(CCc1ccc(F)c(Cl)c1F)[C@]1(F)CC[C@@](O)(CO)c2ncccc21. The topological polar surface area (TPSA) is 70.4 Å². The van der Waals surface area contributed by atoms with Crippen LogP contribution in [0.3, 0.4) is 0 Å². The molecule has 0 radical (unpaired) electrons. The van der Waals surface area contributed by atoms with E-state index in [1.54, 1.807) is 0 Å². The molecule has 0 bridgehead atoms. The maximum Gasteiger partial charge on any atom is 0.195 e. The standard InChI is InChI=1S/C19H17ClF3NO3/c20-15-13(21)5-3-11(16(15)22)4-6-14(26)19(23)8-7-18(27,10-25)17-12(19)2-1-9-24-17/h1-3,5,9,25,27H,4,6-8,10H2/t18-,19+/m1/s1. The number of pyridine rings is 1. The quantitative estimate of drug-likeness (QED) is 0.756. The molecular formula is C19H17ClF3NO3. The number of Topliss-reactive ketones (excluding diaryl/α,β-unsaturated/α-hetero) is 1. The molecule has 0 spiro atoms. The second-order valence-corrected chi connectivity index (χ2v) is 7.03. The third-order valence-electron chi connectivity index (χ3n) is 5.00. The van der Waals surface area contributed by atoms with Crippen molar-refractivity contribution >= 4 is 17.4 Å². The summed E-state index contributed by atoms with van der Waals surface area (Å²) in [4.78, 5) is 16.6. The van der Waals surface area contributed by atoms with Crippen LogP contribution in [0.1, 0.15) is 36.1 Å². The van der Waals surface area contributed by atoms with Gasteiger partial charge in [0.1, 0.15) is 22.3 Å².